The normalized spacial score (nSPS) is 11.7. The van der Waals surface area contributed by atoms with E-state index < -0.39 is 10.0 Å². The SMILES string of the molecule is CCCNC(=O)CN(C)S(=O)(=O)c1c(C)ccc(N)c1C. The first-order valence-electron chi connectivity index (χ1n) is 6.80. The van der Waals surface area contributed by atoms with Crippen LogP contribution in [0.5, 0.6) is 0 Å². The Balaban J connectivity index is 3.06. The van der Waals surface area contributed by atoms with Crippen LogP contribution in [0.1, 0.15) is 24.5 Å². The first-order valence-corrected chi connectivity index (χ1v) is 8.24. The molecule has 0 saturated carbocycles. The quantitative estimate of drug-likeness (QED) is 0.767. The molecule has 1 amide bonds. The molecule has 21 heavy (non-hydrogen) atoms. The molecular weight excluding hydrogens is 290 g/mol. The Morgan fingerprint density at radius 3 is 2.52 bits per heavy atom. The number of nitrogen functional groups attached to an aromatic ring is 1. The summed E-state index contributed by atoms with van der Waals surface area (Å²) < 4.78 is 26.3. The van der Waals surface area contributed by atoms with Gasteiger partial charge in [-0.05, 0) is 37.5 Å². The highest BCUT2D eigenvalue weighted by molar-refractivity contribution is 7.89. The van der Waals surface area contributed by atoms with Crippen molar-refractivity contribution < 1.29 is 13.2 Å². The van der Waals surface area contributed by atoms with Gasteiger partial charge in [-0.1, -0.05) is 13.0 Å². The smallest absolute Gasteiger partial charge is 0.243 e. The third-order valence-corrected chi connectivity index (χ3v) is 5.35. The number of nitrogens with one attached hydrogen (secondary N) is 1. The molecule has 1 rings (SSSR count). The molecule has 0 spiro atoms. The minimum atomic E-state index is -3.75. The average molecular weight is 313 g/mol. The second-order valence-corrected chi connectivity index (χ2v) is 7.02. The van der Waals surface area contributed by atoms with Gasteiger partial charge in [-0.3, -0.25) is 4.79 Å². The fraction of sp³-hybridized carbons (Fsp3) is 0.500. The Morgan fingerprint density at radius 1 is 1.33 bits per heavy atom. The number of likely N-dealkylation sites (N-methyl/N-ethyl adjacent to an activating group) is 1. The maximum atomic E-state index is 12.6. The van der Waals surface area contributed by atoms with Crippen LogP contribution in [0.3, 0.4) is 0 Å². The van der Waals surface area contributed by atoms with Crippen molar-refractivity contribution in [2.75, 3.05) is 25.9 Å². The van der Waals surface area contributed by atoms with Gasteiger partial charge in [0, 0.05) is 19.3 Å². The molecule has 1 aromatic carbocycles. The Hall–Kier alpha value is -1.60. The number of nitrogens with zero attached hydrogens (tertiary/aromatic N) is 1. The molecule has 0 bridgehead atoms. The molecule has 6 nitrogen and oxygen atoms in total. The van der Waals surface area contributed by atoms with Crippen molar-refractivity contribution in [2.45, 2.75) is 32.1 Å². The van der Waals surface area contributed by atoms with Gasteiger partial charge < -0.3 is 11.1 Å². The summed E-state index contributed by atoms with van der Waals surface area (Å²) in [4.78, 5) is 11.9. The van der Waals surface area contributed by atoms with Crippen LogP contribution in [0.4, 0.5) is 5.69 Å². The maximum Gasteiger partial charge on any atom is 0.243 e. The van der Waals surface area contributed by atoms with Crippen molar-refractivity contribution in [3.05, 3.63) is 23.3 Å². The van der Waals surface area contributed by atoms with Gasteiger partial charge >= 0.3 is 0 Å². The first-order chi connectivity index (χ1) is 9.71. The van der Waals surface area contributed by atoms with Crippen molar-refractivity contribution in [2.24, 2.45) is 0 Å². The zero-order valence-electron chi connectivity index (χ0n) is 12.9. The van der Waals surface area contributed by atoms with Gasteiger partial charge in [0.05, 0.1) is 11.4 Å². The lowest BCUT2D eigenvalue weighted by atomic mass is 10.1. The minimum absolute atomic E-state index is 0.174. The van der Waals surface area contributed by atoms with Crippen molar-refractivity contribution >= 4 is 21.6 Å². The second-order valence-electron chi connectivity index (χ2n) is 5.04. The van der Waals surface area contributed by atoms with E-state index in [1.54, 1.807) is 26.0 Å². The van der Waals surface area contributed by atoms with Gasteiger partial charge in [0.15, 0.2) is 0 Å². The van der Waals surface area contributed by atoms with E-state index in [9.17, 15) is 13.2 Å². The lowest BCUT2D eigenvalue weighted by Crippen LogP contribution is -2.39. The Morgan fingerprint density at radius 2 is 1.95 bits per heavy atom. The molecule has 0 aromatic heterocycles. The number of sulfonamides is 1. The fourth-order valence-corrected chi connectivity index (χ4v) is 3.58. The van der Waals surface area contributed by atoms with E-state index >= 15 is 0 Å². The first kappa shape index (κ1) is 17.5. The van der Waals surface area contributed by atoms with E-state index in [1.165, 1.54) is 7.05 Å². The van der Waals surface area contributed by atoms with Crippen LogP contribution in [0, 0.1) is 13.8 Å². The molecule has 0 radical (unpaired) electrons. The minimum Gasteiger partial charge on any atom is -0.398 e. The fourth-order valence-electron chi connectivity index (χ4n) is 2.00. The number of anilines is 1. The van der Waals surface area contributed by atoms with Gasteiger partial charge in [-0.2, -0.15) is 4.31 Å². The number of benzene rings is 1. The van der Waals surface area contributed by atoms with Crippen LogP contribution in [-0.4, -0.2) is 38.8 Å². The topological polar surface area (TPSA) is 92.5 Å². The monoisotopic (exact) mass is 313 g/mol. The molecule has 0 aliphatic carbocycles. The molecule has 0 fully saturated rings. The number of rotatable bonds is 6. The summed E-state index contributed by atoms with van der Waals surface area (Å²) in [5.41, 5.74) is 7.33. The third-order valence-electron chi connectivity index (χ3n) is 3.25. The Labute approximate surface area is 126 Å². The summed E-state index contributed by atoms with van der Waals surface area (Å²) in [5.74, 6) is -0.317. The van der Waals surface area contributed by atoms with Crippen molar-refractivity contribution in [1.29, 1.82) is 0 Å². The summed E-state index contributed by atoms with van der Waals surface area (Å²) in [7, 11) is -2.36. The van der Waals surface area contributed by atoms with Crippen LogP contribution >= 0.6 is 0 Å². The largest absolute Gasteiger partial charge is 0.398 e. The predicted octanol–water partition coefficient (Wildman–Crippen LogP) is 1.03. The van der Waals surface area contributed by atoms with Crippen LogP contribution in [0.25, 0.3) is 0 Å². The summed E-state index contributed by atoms with van der Waals surface area (Å²) in [6.45, 7) is 5.63. The summed E-state index contributed by atoms with van der Waals surface area (Å²) in [6, 6.07) is 3.35. The van der Waals surface area contributed by atoms with Gasteiger partial charge in [0.2, 0.25) is 15.9 Å². The number of aryl methyl sites for hydroxylation is 1. The predicted molar refractivity (Wildman–Crippen MR) is 83.4 cm³/mol. The Kier molecular flexibility index (Phi) is 5.74. The van der Waals surface area contributed by atoms with E-state index in [0.717, 1.165) is 10.7 Å². The highest BCUT2D eigenvalue weighted by atomic mass is 32.2. The lowest BCUT2D eigenvalue weighted by molar-refractivity contribution is -0.121. The highest BCUT2D eigenvalue weighted by Crippen LogP contribution is 2.26. The van der Waals surface area contributed by atoms with Crippen LogP contribution in [0.15, 0.2) is 17.0 Å². The molecular formula is C14H23N3O3S. The number of carbonyl (C=O) groups is 1. The molecule has 0 saturated heterocycles. The number of hydrogen-bond donors (Lipinski definition) is 2. The lowest BCUT2D eigenvalue weighted by Gasteiger charge is -2.20. The van der Waals surface area contributed by atoms with Gasteiger partial charge in [-0.25, -0.2) is 8.42 Å². The number of amides is 1. The van der Waals surface area contributed by atoms with Crippen molar-refractivity contribution in [3.8, 4) is 0 Å². The zero-order valence-corrected chi connectivity index (χ0v) is 13.8. The van der Waals surface area contributed by atoms with E-state index in [2.05, 4.69) is 5.32 Å². The van der Waals surface area contributed by atoms with E-state index in [1.807, 2.05) is 6.92 Å². The van der Waals surface area contributed by atoms with Gasteiger partial charge in [-0.15, -0.1) is 0 Å². The molecule has 0 aliphatic rings. The maximum absolute atomic E-state index is 12.6. The molecule has 0 aliphatic heterocycles. The van der Waals surface area contributed by atoms with Crippen LogP contribution in [-0.2, 0) is 14.8 Å². The van der Waals surface area contributed by atoms with E-state index in [-0.39, 0.29) is 17.3 Å². The molecule has 7 heteroatoms. The van der Waals surface area contributed by atoms with E-state index in [0.29, 0.717) is 23.4 Å². The number of nitrogens with two attached hydrogens (primary N) is 1. The van der Waals surface area contributed by atoms with Crippen LogP contribution < -0.4 is 11.1 Å². The Bertz CT molecular complexity index is 627. The third kappa shape index (κ3) is 3.95. The standard InChI is InChI=1S/C14H23N3O3S/c1-5-8-16-13(18)9-17(4)21(19,20)14-10(2)6-7-12(15)11(14)3/h6-7H,5,8-9,15H2,1-4H3,(H,16,18). The molecule has 118 valence electrons. The second kappa shape index (κ2) is 6.91. The molecule has 3 N–H and O–H groups in total. The summed E-state index contributed by atoms with van der Waals surface area (Å²) in [5, 5.41) is 2.66. The number of hydrogen-bond acceptors (Lipinski definition) is 4. The van der Waals surface area contributed by atoms with E-state index in [4.69, 9.17) is 5.73 Å². The van der Waals surface area contributed by atoms with Crippen LogP contribution in [0.2, 0.25) is 0 Å². The van der Waals surface area contributed by atoms with Crippen molar-refractivity contribution in [3.63, 3.8) is 0 Å². The highest BCUT2D eigenvalue weighted by Gasteiger charge is 2.27. The summed E-state index contributed by atoms with van der Waals surface area (Å²) in [6.07, 6.45) is 0.801. The van der Waals surface area contributed by atoms with Gasteiger partial charge in [0.1, 0.15) is 0 Å². The summed E-state index contributed by atoms with van der Waals surface area (Å²) >= 11 is 0. The average Bonchev–Trinajstić information content (AvgIpc) is 2.40. The molecule has 0 atom stereocenters. The number of carbonyl (C=O) groups excluding carboxylic acids is 1. The molecule has 0 heterocycles. The zero-order chi connectivity index (χ0) is 16.2. The van der Waals surface area contributed by atoms with Gasteiger partial charge in [0.25, 0.3) is 0 Å². The van der Waals surface area contributed by atoms with Crippen molar-refractivity contribution in [1.82, 2.24) is 9.62 Å². The molecule has 0 unspecified atom stereocenters. The molecule has 1 aromatic rings.